The summed E-state index contributed by atoms with van der Waals surface area (Å²) in [6, 6.07) is 21.9. The Morgan fingerprint density at radius 2 is 1.58 bits per heavy atom. The molecular weight excluding hydrogens is 485 g/mol. The van der Waals surface area contributed by atoms with E-state index >= 15 is 0 Å². The molecule has 4 aromatic rings. The fourth-order valence-corrected chi connectivity index (χ4v) is 5.81. The first-order valence-electron chi connectivity index (χ1n) is 11.6. The molecule has 0 aliphatic carbocycles. The van der Waals surface area contributed by atoms with Crippen LogP contribution in [0.25, 0.3) is 33.2 Å². The lowest BCUT2D eigenvalue weighted by molar-refractivity contribution is -0.136. The molecule has 8 heteroatoms. The molecule has 1 fully saturated rings. The lowest BCUT2D eigenvalue weighted by Gasteiger charge is -2.29. The van der Waals surface area contributed by atoms with Crippen LogP contribution in [0.4, 0.5) is 18.0 Å². The highest BCUT2D eigenvalue weighted by atomic mass is 32.2. The molecule has 4 nitrogen and oxygen atoms in total. The molecule has 1 aliphatic rings. The van der Waals surface area contributed by atoms with E-state index in [0.717, 1.165) is 40.5 Å². The molecule has 36 heavy (non-hydrogen) atoms. The SMILES string of the molecule is O=C(O)N1CCC(Sc2cccc(-c3cccc(-c4ccnc5c(C(F)(F)F)cccc45)c3)c2)CC1. The van der Waals surface area contributed by atoms with E-state index in [4.69, 9.17) is 5.11 Å². The van der Waals surface area contributed by atoms with E-state index in [1.54, 1.807) is 23.9 Å². The second kappa shape index (κ2) is 9.85. The topological polar surface area (TPSA) is 53.4 Å². The second-order valence-corrected chi connectivity index (χ2v) is 10.1. The first kappa shape index (κ1) is 24.2. The predicted molar refractivity (Wildman–Crippen MR) is 136 cm³/mol. The van der Waals surface area contributed by atoms with Gasteiger partial charge >= 0.3 is 12.3 Å². The average Bonchev–Trinajstić information content (AvgIpc) is 2.88. The van der Waals surface area contributed by atoms with Gasteiger partial charge in [0.15, 0.2) is 0 Å². The molecule has 0 spiro atoms. The largest absolute Gasteiger partial charge is 0.465 e. The number of hydrogen-bond acceptors (Lipinski definition) is 3. The van der Waals surface area contributed by atoms with Gasteiger partial charge in [-0.1, -0.05) is 42.5 Å². The summed E-state index contributed by atoms with van der Waals surface area (Å²) in [5.74, 6) is 0. The number of fused-ring (bicyclic) bond motifs is 1. The smallest absolute Gasteiger partial charge is 0.418 e. The first-order valence-corrected chi connectivity index (χ1v) is 12.5. The number of pyridine rings is 1. The van der Waals surface area contributed by atoms with Gasteiger partial charge in [0.05, 0.1) is 11.1 Å². The van der Waals surface area contributed by atoms with Crippen molar-refractivity contribution in [3.05, 3.63) is 84.6 Å². The molecule has 5 rings (SSSR count). The van der Waals surface area contributed by atoms with Crippen molar-refractivity contribution in [3.63, 3.8) is 0 Å². The van der Waals surface area contributed by atoms with Crippen LogP contribution in [-0.2, 0) is 6.18 Å². The van der Waals surface area contributed by atoms with Crippen LogP contribution in [0.15, 0.2) is 83.9 Å². The van der Waals surface area contributed by atoms with Gasteiger partial charge in [0.25, 0.3) is 0 Å². The van der Waals surface area contributed by atoms with Gasteiger partial charge in [-0.15, -0.1) is 11.8 Å². The van der Waals surface area contributed by atoms with Gasteiger partial charge in [-0.25, -0.2) is 4.79 Å². The minimum Gasteiger partial charge on any atom is -0.465 e. The molecule has 3 aromatic carbocycles. The Morgan fingerprint density at radius 1 is 0.917 bits per heavy atom. The van der Waals surface area contributed by atoms with Gasteiger partial charge < -0.3 is 10.0 Å². The lowest BCUT2D eigenvalue weighted by Crippen LogP contribution is -2.38. The van der Waals surface area contributed by atoms with Crippen LogP contribution >= 0.6 is 11.8 Å². The van der Waals surface area contributed by atoms with Gasteiger partial charge in [0.2, 0.25) is 0 Å². The molecule has 1 aromatic heterocycles. The number of rotatable bonds is 4. The summed E-state index contributed by atoms with van der Waals surface area (Å²) in [7, 11) is 0. The maximum atomic E-state index is 13.5. The quantitative estimate of drug-likeness (QED) is 0.305. The van der Waals surface area contributed by atoms with Gasteiger partial charge in [-0.05, 0) is 65.4 Å². The third-order valence-electron chi connectivity index (χ3n) is 6.43. The van der Waals surface area contributed by atoms with E-state index < -0.39 is 17.8 Å². The van der Waals surface area contributed by atoms with Crippen LogP contribution in [0.3, 0.4) is 0 Å². The van der Waals surface area contributed by atoms with Crippen molar-refractivity contribution in [1.29, 1.82) is 0 Å². The number of carbonyl (C=O) groups is 1. The molecule has 1 N–H and O–H groups in total. The standard InChI is InChI=1S/C28H23F3N2O2S/c29-28(30,31)25-9-3-8-24-23(10-13-32-26(24)25)20-6-1-4-18(16-20)19-5-2-7-22(17-19)36-21-11-14-33(15-12-21)27(34)35/h1-10,13,16-17,21H,11-12,14-15H2,(H,34,35). The summed E-state index contributed by atoms with van der Waals surface area (Å²) in [6.07, 6.45) is -2.30. The molecule has 1 saturated heterocycles. The zero-order chi connectivity index (χ0) is 25.3. The van der Waals surface area contributed by atoms with Crippen LogP contribution in [0, 0.1) is 0 Å². The Bertz CT molecular complexity index is 1420. The van der Waals surface area contributed by atoms with Crippen LogP contribution in [0.5, 0.6) is 0 Å². The zero-order valence-electron chi connectivity index (χ0n) is 19.2. The number of alkyl halides is 3. The Hall–Kier alpha value is -3.52. The molecule has 0 radical (unpaired) electrons. The molecular formula is C28H23F3N2O2S. The van der Waals surface area contributed by atoms with Crippen molar-refractivity contribution in [2.24, 2.45) is 0 Å². The van der Waals surface area contributed by atoms with Gasteiger partial charge in [-0.3, -0.25) is 4.98 Å². The maximum absolute atomic E-state index is 13.5. The molecule has 184 valence electrons. The molecule has 0 unspecified atom stereocenters. The Labute approximate surface area is 210 Å². The summed E-state index contributed by atoms with van der Waals surface area (Å²) in [5, 5.41) is 9.97. The number of piperidine rings is 1. The average molecular weight is 509 g/mol. The van der Waals surface area contributed by atoms with Crippen molar-refractivity contribution in [2.75, 3.05) is 13.1 Å². The van der Waals surface area contributed by atoms with E-state index in [1.807, 2.05) is 36.4 Å². The fourth-order valence-electron chi connectivity index (χ4n) is 4.63. The highest BCUT2D eigenvalue weighted by Gasteiger charge is 2.33. The number of hydrogen-bond donors (Lipinski definition) is 1. The van der Waals surface area contributed by atoms with E-state index in [-0.39, 0.29) is 5.52 Å². The highest BCUT2D eigenvalue weighted by molar-refractivity contribution is 8.00. The van der Waals surface area contributed by atoms with Crippen LogP contribution in [0.2, 0.25) is 0 Å². The third-order valence-corrected chi connectivity index (χ3v) is 7.76. The van der Waals surface area contributed by atoms with E-state index in [0.29, 0.717) is 29.3 Å². The number of para-hydroxylation sites is 1. The molecule has 0 saturated carbocycles. The van der Waals surface area contributed by atoms with Crippen molar-refractivity contribution < 1.29 is 23.1 Å². The molecule has 0 atom stereocenters. The summed E-state index contributed by atoms with van der Waals surface area (Å²) in [4.78, 5) is 17.8. The minimum atomic E-state index is -4.48. The van der Waals surface area contributed by atoms with Crippen molar-refractivity contribution in [2.45, 2.75) is 29.2 Å². The predicted octanol–water partition coefficient (Wildman–Crippen LogP) is 7.82. The molecule has 2 heterocycles. The van der Waals surface area contributed by atoms with Crippen molar-refractivity contribution in [1.82, 2.24) is 9.88 Å². The van der Waals surface area contributed by atoms with E-state index in [1.165, 1.54) is 17.2 Å². The number of halogens is 3. The van der Waals surface area contributed by atoms with Crippen LogP contribution in [0.1, 0.15) is 18.4 Å². The minimum absolute atomic E-state index is 0.0553. The normalized spacial score (nSPS) is 14.8. The number of likely N-dealkylation sites (tertiary alicyclic amines) is 1. The fraction of sp³-hybridized carbons (Fsp3) is 0.214. The Kier molecular flexibility index (Phi) is 6.62. The maximum Gasteiger partial charge on any atom is 0.418 e. The number of thioether (sulfide) groups is 1. The summed E-state index contributed by atoms with van der Waals surface area (Å²) in [6.45, 7) is 1.09. The first-order chi connectivity index (χ1) is 17.3. The Morgan fingerprint density at radius 3 is 2.31 bits per heavy atom. The van der Waals surface area contributed by atoms with E-state index in [9.17, 15) is 18.0 Å². The van der Waals surface area contributed by atoms with Gasteiger partial charge in [0.1, 0.15) is 0 Å². The summed E-state index contributed by atoms with van der Waals surface area (Å²) < 4.78 is 40.6. The van der Waals surface area contributed by atoms with Gasteiger partial charge in [-0.2, -0.15) is 13.2 Å². The van der Waals surface area contributed by atoms with E-state index in [2.05, 4.69) is 17.1 Å². The zero-order valence-corrected chi connectivity index (χ0v) is 20.0. The van der Waals surface area contributed by atoms with Crippen LogP contribution in [-0.4, -0.2) is 39.4 Å². The molecule has 0 bridgehead atoms. The number of aromatic nitrogens is 1. The lowest BCUT2D eigenvalue weighted by atomic mass is 9.96. The number of amides is 1. The van der Waals surface area contributed by atoms with Gasteiger partial charge in [0, 0.05) is 34.8 Å². The third kappa shape index (κ3) is 5.04. The second-order valence-electron chi connectivity index (χ2n) is 8.75. The molecule has 1 amide bonds. The molecule has 1 aliphatic heterocycles. The number of nitrogens with zero attached hydrogens (tertiary/aromatic N) is 2. The van der Waals surface area contributed by atoms with Crippen molar-refractivity contribution in [3.8, 4) is 22.3 Å². The monoisotopic (exact) mass is 508 g/mol. The van der Waals surface area contributed by atoms with Crippen LogP contribution < -0.4 is 0 Å². The highest BCUT2D eigenvalue weighted by Crippen LogP contribution is 2.38. The van der Waals surface area contributed by atoms with Crippen molar-refractivity contribution >= 4 is 28.8 Å². The number of carboxylic acid groups (broad SMARTS) is 1. The summed E-state index contributed by atoms with van der Waals surface area (Å²) in [5.41, 5.74) is 2.70. The Balaban J connectivity index is 1.43. The number of benzene rings is 3. The summed E-state index contributed by atoms with van der Waals surface area (Å²) >= 11 is 1.76.